The van der Waals surface area contributed by atoms with E-state index in [2.05, 4.69) is 10.6 Å². The lowest BCUT2D eigenvalue weighted by Gasteiger charge is -2.08. The van der Waals surface area contributed by atoms with Gasteiger partial charge in [0.2, 0.25) is 0 Å². The van der Waals surface area contributed by atoms with Crippen LogP contribution >= 0.6 is 0 Å². The topological polar surface area (TPSA) is 93.5 Å². The van der Waals surface area contributed by atoms with Crippen molar-refractivity contribution in [2.24, 2.45) is 0 Å². The highest BCUT2D eigenvalue weighted by Gasteiger charge is 2.06. The molecule has 0 heterocycles. The normalized spacial score (nSPS) is 9.96. The van der Waals surface area contributed by atoms with Gasteiger partial charge in [-0.2, -0.15) is 0 Å². The second-order valence-electron chi connectivity index (χ2n) is 4.78. The molecular weight excluding hydrogens is 298 g/mol. The molecule has 0 spiro atoms. The molecule has 0 aromatic heterocycles. The lowest BCUT2D eigenvalue weighted by atomic mass is 10.1. The SMILES string of the molecule is COc1ccc(CCNC(=O)Nc2ccc([N+](=O)[O-])cc2)cc1. The van der Waals surface area contributed by atoms with Crippen LogP contribution in [0.4, 0.5) is 16.2 Å². The molecule has 0 saturated carbocycles. The van der Waals surface area contributed by atoms with Gasteiger partial charge in [0, 0.05) is 24.4 Å². The Morgan fingerprint density at radius 1 is 1.13 bits per heavy atom. The molecule has 2 aromatic rings. The third-order valence-corrected chi connectivity index (χ3v) is 3.19. The number of nitrogens with one attached hydrogen (secondary N) is 2. The molecule has 120 valence electrons. The maximum absolute atomic E-state index is 11.7. The Labute approximate surface area is 133 Å². The van der Waals surface area contributed by atoms with Gasteiger partial charge in [0.05, 0.1) is 12.0 Å². The van der Waals surface area contributed by atoms with Crippen LogP contribution in [0.2, 0.25) is 0 Å². The Balaban J connectivity index is 1.77. The fraction of sp³-hybridized carbons (Fsp3) is 0.188. The van der Waals surface area contributed by atoms with E-state index in [1.807, 2.05) is 24.3 Å². The molecule has 2 rings (SSSR count). The van der Waals surface area contributed by atoms with Gasteiger partial charge in [-0.1, -0.05) is 12.1 Å². The highest BCUT2D eigenvalue weighted by Crippen LogP contribution is 2.15. The average Bonchev–Trinajstić information content (AvgIpc) is 2.56. The highest BCUT2D eigenvalue weighted by molar-refractivity contribution is 5.89. The van der Waals surface area contributed by atoms with Gasteiger partial charge in [0.25, 0.3) is 5.69 Å². The number of hydrogen-bond donors (Lipinski definition) is 2. The molecule has 0 aliphatic heterocycles. The quantitative estimate of drug-likeness (QED) is 0.633. The zero-order chi connectivity index (χ0) is 16.7. The average molecular weight is 315 g/mol. The number of hydrogen-bond acceptors (Lipinski definition) is 4. The zero-order valence-electron chi connectivity index (χ0n) is 12.6. The largest absolute Gasteiger partial charge is 0.497 e. The molecule has 23 heavy (non-hydrogen) atoms. The van der Waals surface area contributed by atoms with E-state index in [-0.39, 0.29) is 11.7 Å². The highest BCUT2D eigenvalue weighted by atomic mass is 16.6. The molecule has 0 bridgehead atoms. The fourth-order valence-electron chi connectivity index (χ4n) is 1.95. The number of methoxy groups -OCH3 is 1. The van der Waals surface area contributed by atoms with Crippen LogP contribution in [0.1, 0.15) is 5.56 Å². The lowest BCUT2D eigenvalue weighted by Crippen LogP contribution is -2.30. The molecular formula is C16H17N3O4. The van der Waals surface area contributed by atoms with Crippen molar-refractivity contribution in [1.82, 2.24) is 5.32 Å². The van der Waals surface area contributed by atoms with E-state index in [9.17, 15) is 14.9 Å². The third-order valence-electron chi connectivity index (χ3n) is 3.19. The van der Waals surface area contributed by atoms with Crippen molar-refractivity contribution in [3.05, 3.63) is 64.2 Å². The van der Waals surface area contributed by atoms with Gasteiger partial charge in [0.15, 0.2) is 0 Å². The number of nitro benzene ring substituents is 1. The predicted molar refractivity (Wildman–Crippen MR) is 86.8 cm³/mol. The molecule has 0 unspecified atom stereocenters. The Morgan fingerprint density at radius 2 is 1.78 bits per heavy atom. The molecule has 0 aliphatic rings. The summed E-state index contributed by atoms with van der Waals surface area (Å²) in [4.78, 5) is 21.8. The monoisotopic (exact) mass is 315 g/mol. The van der Waals surface area contributed by atoms with Crippen molar-refractivity contribution in [1.29, 1.82) is 0 Å². The minimum absolute atomic E-state index is 0.0181. The number of anilines is 1. The lowest BCUT2D eigenvalue weighted by molar-refractivity contribution is -0.384. The van der Waals surface area contributed by atoms with Gasteiger partial charge in [-0.25, -0.2) is 4.79 Å². The zero-order valence-corrected chi connectivity index (χ0v) is 12.6. The number of rotatable bonds is 6. The van der Waals surface area contributed by atoms with Crippen LogP contribution in [0, 0.1) is 10.1 Å². The molecule has 0 fully saturated rings. The third kappa shape index (κ3) is 4.99. The number of benzene rings is 2. The van der Waals surface area contributed by atoms with E-state index in [1.165, 1.54) is 24.3 Å². The smallest absolute Gasteiger partial charge is 0.319 e. The number of non-ortho nitro benzene ring substituents is 1. The van der Waals surface area contributed by atoms with E-state index in [4.69, 9.17) is 4.74 Å². The molecule has 0 saturated heterocycles. The number of amides is 2. The molecule has 2 N–H and O–H groups in total. The number of urea groups is 1. The standard InChI is InChI=1S/C16H17N3O4/c1-23-15-8-2-12(3-9-15)10-11-17-16(20)18-13-4-6-14(7-5-13)19(21)22/h2-9H,10-11H2,1H3,(H2,17,18,20). The summed E-state index contributed by atoms with van der Waals surface area (Å²) in [7, 11) is 1.61. The van der Waals surface area contributed by atoms with Crippen LogP contribution in [-0.2, 0) is 6.42 Å². The first-order valence-electron chi connectivity index (χ1n) is 7.01. The Bertz CT molecular complexity index is 669. The summed E-state index contributed by atoms with van der Waals surface area (Å²) in [5.74, 6) is 0.789. The van der Waals surface area contributed by atoms with Gasteiger partial charge < -0.3 is 15.4 Å². The number of nitrogens with zero attached hydrogens (tertiary/aromatic N) is 1. The molecule has 0 radical (unpaired) electrons. The molecule has 7 nitrogen and oxygen atoms in total. The minimum atomic E-state index is -0.487. The van der Waals surface area contributed by atoms with Gasteiger partial charge in [-0.3, -0.25) is 10.1 Å². The van der Waals surface area contributed by atoms with Crippen LogP contribution in [0.3, 0.4) is 0 Å². The first kappa shape index (κ1) is 16.3. The second kappa shape index (κ2) is 7.79. The molecule has 7 heteroatoms. The van der Waals surface area contributed by atoms with E-state index >= 15 is 0 Å². The number of carbonyl (C=O) groups is 1. The summed E-state index contributed by atoms with van der Waals surface area (Å²) in [6.07, 6.45) is 0.692. The fourth-order valence-corrected chi connectivity index (χ4v) is 1.95. The summed E-state index contributed by atoms with van der Waals surface area (Å²) in [6, 6.07) is 12.9. The predicted octanol–water partition coefficient (Wildman–Crippen LogP) is 2.97. The number of nitro groups is 1. The Morgan fingerprint density at radius 3 is 2.35 bits per heavy atom. The summed E-state index contributed by atoms with van der Waals surface area (Å²) in [6.45, 7) is 0.477. The molecule has 2 aromatic carbocycles. The van der Waals surface area contributed by atoms with Gasteiger partial charge >= 0.3 is 6.03 Å². The summed E-state index contributed by atoms with van der Waals surface area (Å²) >= 11 is 0. The maximum Gasteiger partial charge on any atom is 0.319 e. The van der Waals surface area contributed by atoms with E-state index < -0.39 is 4.92 Å². The van der Waals surface area contributed by atoms with Crippen molar-refractivity contribution < 1.29 is 14.5 Å². The van der Waals surface area contributed by atoms with Crippen LogP contribution < -0.4 is 15.4 Å². The van der Waals surface area contributed by atoms with Gasteiger partial charge in [-0.05, 0) is 36.2 Å². The van der Waals surface area contributed by atoms with Crippen molar-refractivity contribution in [3.8, 4) is 5.75 Å². The first-order chi connectivity index (χ1) is 11.1. The summed E-state index contributed by atoms with van der Waals surface area (Å²) in [5.41, 5.74) is 1.56. The van der Waals surface area contributed by atoms with Gasteiger partial charge in [0.1, 0.15) is 5.75 Å². The van der Waals surface area contributed by atoms with E-state index in [1.54, 1.807) is 7.11 Å². The Hall–Kier alpha value is -3.09. The minimum Gasteiger partial charge on any atom is -0.497 e. The molecule has 0 aliphatic carbocycles. The Kier molecular flexibility index (Phi) is 5.51. The van der Waals surface area contributed by atoms with Crippen molar-refractivity contribution in [3.63, 3.8) is 0 Å². The summed E-state index contributed by atoms with van der Waals surface area (Å²) in [5, 5.41) is 15.9. The van der Waals surface area contributed by atoms with Crippen molar-refractivity contribution in [2.75, 3.05) is 19.0 Å². The van der Waals surface area contributed by atoms with Crippen LogP contribution in [0.25, 0.3) is 0 Å². The number of carbonyl (C=O) groups excluding carboxylic acids is 1. The van der Waals surface area contributed by atoms with E-state index in [0.29, 0.717) is 18.7 Å². The van der Waals surface area contributed by atoms with Crippen molar-refractivity contribution in [2.45, 2.75) is 6.42 Å². The number of ether oxygens (including phenoxy) is 1. The van der Waals surface area contributed by atoms with Crippen molar-refractivity contribution >= 4 is 17.4 Å². The maximum atomic E-state index is 11.7. The molecule has 2 amide bonds. The van der Waals surface area contributed by atoms with E-state index in [0.717, 1.165) is 11.3 Å². The molecule has 0 atom stereocenters. The van der Waals surface area contributed by atoms with Gasteiger partial charge in [-0.15, -0.1) is 0 Å². The first-order valence-corrected chi connectivity index (χ1v) is 7.01. The second-order valence-corrected chi connectivity index (χ2v) is 4.78. The van der Waals surface area contributed by atoms with Crippen LogP contribution in [0.5, 0.6) is 5.75 Å². The van der Waals surface area contributed by atoms with Crippen LogP contribution in [0.15, 0.2) is 48.5 Å². The van der Waals surface area contributed by atoms with Crippen LogP contribution in [-0.4, -0.2) is 24.6 Å². The summed E-state index contributed by atoms with van der Waals surface area (Å²) < 4.78 is 5.08.